The van der Waals surface area contributed by atoms with Crippen molar-refractivity contribution in [2.45, 2.75) is 71.1 Å². The molecule has 0 aromatic heterocycles. The maximum absolute atomic E-state index is 13.7. The van der Waals surface area contributed by atoms with Crippen molar-refractivity contribution >= 4 is 21.8 Å². The summed E-state index contributed by atoms with van der Waals surface area (Å²) in [5, 5.41) is 0. The quantitative estimate of drug-likeness (QED) is 0.290. The lowest BCUT2D eigenvalue weighted by Gasteiger charge is -2.28. The molecule has 190 valence electrons. The molecule has 0 atom stereocenters. The number of aldehydes is 1. The van der Waals surface area contributed by atoms with Crippen LogP contribution in [0.25, 0.3) is 0 Å². The molecule has 5 nitrogen and oxygen atoms in total. The van der Waals surface area contributed by atoms with Gasteiger partial charge >= 0.3 is 0 Å². The Kier molecular flexibility index (Phi) is 11.8. The van der Waals surface area contributed by atoms with Gasteiger partial charge in [0.25, 0.3) is 0 Å². The van der Waals surface area contributed by atoms with Gasteiger partial charge in [-0.05, 0) is 60.7 Å². The fourth-order valence-electron chi connectivity index (χ4n) is 4.18. The lowest BCUT2D eigenvalue weighted by Crippen LogP contribution is -2.32. The Morgan fingerprint density at radius 3 is 2.03 bits per heavy atom. The summed E-state index contributed by atoms with van der Waals surface area (Å²) in [6.45, 7) is 4.13. The highest BCUT2D eigenvalue weighted by molar-refractivity contribution is 7.91. The van der Waals surface area contributed by atoms with Gasteiger partial charge in [0, 0.05) is 25.2 Å². The number of sulfone groups is 1. The van der Waals surface area contributed by atoms with Crippen molar-refractivity contribution in [3.63, 3.8) is 0 Å². The first-order chi connectivity index (χ1) is 15.7. The van der Waals surface area contributed by atoms with E-state index < -0.39 is 15.3 Å². The van der Waals surface area contributed by atoms with Crippen LogP contribution in [0, 0.1) is 5.41 Å². The molecule has 0 fully saturated rings. The largest absolute Gasteiger partial charge is 0.497 e. The minimum Gasteiger partial charge on any atom is -0.497 e. The highest BCUT2D eigenvalue weighted by Crippen LogP contribution is 2.35. The number of methoxy groups -OCH3 is 1. The number of unbranched alkanes of at least 4 members (excludes halogenated alkanes) is 2. The van der Waals surface area contributed by atoms with Gasteiger partial charge in [-0.25, -0.2) is 8.42 Å². The summed E-state index contributed by atoms with van der Waals surface area (Å²) in [5.41, 5.74) is 1.86. The molecule has 0 radical (unpaired) electrons. The first kappa shape index (κ1) is 29.7. The first-order valence-corrected chi connectivity index (χ1v) is 13.5. The van der Waals surface area contributed by atoms with E-state index in [-0.39, 0.29) is 13.2 Å². The summed E-state index contributed by atoms with van der Waals surface area (Å²) in [6, 6.07) is 13.2. The molecule has 0 aliphatic heterocycles. The van der Waals surface area contributed by atoms with Crippen molar-refractivity contribution < 1.29 is 17.9 Å². The van der Waals surface area contributed by atoms with Gasteiger partial charge in [-0.15, -0.1) is 0 Å². The van der Waals surface area contributed by atoms with E-state index in [0.717, 1.165) is 54.5 Å². The maximum Gasteiger partial charge on any atom is 0.179 e. The molecule has 2 aromatic rings. The van der Waals surface area contributed by atoms with Crippen molar-refractivity contribution in [2.75, 3.05) is 31.9 Å². The van der Waals surface area contributed by atoms with Crippen LogP contribution < -0.4 is 9.64 Å². The molecule has 0 aliphatic rings. The number of carbonyl (C=O) groups excluding carboxylic acids is 1. The molecule has 2 rings (SSSR count). The molecule has 0 unspecified atom stereocenters. The predicted molar refractivity (Wildman–Crippen MR) is 143 cm³/mol. The second-order valence-corrected chi connectivity index (χ2v) is 11.1. The predicted octanol–water partition coefficient (Wildman–Crippen LogP) is 6.33. The molecule has 0 aliphatic carbocycles. The number of nitrogens with zero attached hydrogens (tertiary/aromatic N) is 1. The third-order valence-corrected chi connectivity index (χ3v) is 8.26. The van der Waals surface area contributed by atoms with Gasteiger partial charge in [-0.1, -0.05) is 59.1 Å². The number of ether oxygens (including phenoxy) is 1. The Morgan fingerprint density at radius 1 is 0.971 bits per heavy atom. The lowest BCUT2D eigenvalue weighted by molar-refractivity contribution is -0.116. The first-order valence-electron chi connectivity index (χ1n) is 11.8. The topological polar surface area (TPSA) is 63.7 Å². The van der Waals surface area contributed by atoms with Crippen molar-refractivity contribution in [3.8, 4) is 5.75 Å². The number of hydrogen-bond acceptors (Lipinski definition) is 5. The van der Waals surface area contributed by atoms with Crippen LogP contribution >= 0.6 is 0 Å². The van der Waals surface area contributed by atoms with Crippen LogP contribution in [-0.4, -0.2) is 41.7 Å². The van der Waals surface area contributed by atoms with E-state index in [9.17, 15) is 13.2 Å². The monoisotopic (exact) mass is 489 g/mol. The zero-order valence-electron chi connectivity index (χ0n) is 20.8. The lowest BCUT2D eigenvalue weighted by atomic mass is 9.81. The second kappa shape index (κ2) is 13.5. The highest BCUT2D eigenvalue weighted by atomic mass is 32.2. The fourth-order valence-corrected chi connectivity index (χ4v) is 6.26. The smallest absolute Gasteiger partial charge is 0.179 e. The minimum atomic E-state index is -3.67. The Bertz CT molecular complexity index is 990. The number of hydrogen-bond donors (Lipinski definition) is 0. The third kappa shape index (κ3) is 7.86. The van der Waals surface area contributed by atoms with E-state index in [2.05, 4.69) is 13.8 Å². The fraction of sp³-hybridized carbons (Fsp3) is 0.536. The van der Waals surface area contributed by atoms with Crippen LogP contribution in [0.2, 0.25) is 0 Å². The molecule has 6 heteroatoms. The molecule has 34 heavy (non-hydrogen) atoms. The second-order valence-electron chi connectivity index (χ2n) is 9.16. The summed E-state index contributed by atoms with van der Waals surface area (Å²) < 4.78 is 32.7. The van der Waals surface area contributed by atoms with Gasteiger partial charge in [-0.3, -0.25) is 0 Å². The molecule has 2 aromatic carbocycles. The van der Waals surface area contributed by atoms with Crippen molar-refractivity contribution in [1.82, 2.24) is 0 Å². The minimum absolute atomic E-state index is 0. The van der Waals surface area contributed by atoms with Crippen LogP contribution in [0.15, 0.2) is 47.4 Å². The Labute approximate surface area is 207 Å². The third-order valence-electron chi connectivity index (χ3n) is 6.23. The van der Waals surface area contributed by atoms with Gasteiger partial charge in [-0.2, -0.15) is 0 Å². The zero-order chi connectivity index (χ0) is 24.5. The molecule has 0 saturated heterocycles. The average Bonchev–Trinajstić information content (AvgIpc) is 2.81. The summed E-state index contributed by atoms with van der Waals surface area (Å²) >= 11 is 0. The Hall–Kier alpha value is -2.34. The van der Waals surface area contributed by atoms with Crippen LogP contribution in [-0.2, 0) is 21.1 Å². The van der Waals surface area contributed by atoms with Crippen LogP contribution in [0.1, 0.15) is 70.9 Å². The molecule has 0 bridgehead atoms. The highest BCUT2D eigenvalue weighted by Gasteiger charge is 2.36. The van der Waals surface area contributed by atoms with E-state index in [4.69, 9.17) is 4.74 Å². The number of benzene rings is 2. The summed E-state index contributed by atoms with van der Waals surface area (Å²) in [6.07, 6.45) is 6.16. The van der Waals surface area contributed by atoms with E-state index in [0.29, 0.717) is 24.2 Å². The van der Waals surface area contributed by atoms with Crippen molar-refractivity contribution in [1.29, 1.82) is 0 Å². The number of anilines is 1. The van der Waals surface area contributed by atoms with Gasteiger partial charge < -0.3 is 14.4 Å². The summed E-state index contributed by atoms with van der Waals surface area (Å²) in [7, 11) is 1.83. The Balaban J connectivity index is 0.00000578. The molecule has 0 spiro atoms. The van der Waals surface area contributed by atoms with Gasteiger partial charge in [0.2, 0.25) is 0 Å². The van der Waals surface area contributed by atoms with E-state index in [1.807, 2.05) is 55.4 Å². The zero-order valence-corrected chi connectivity index (χ0v) is 21.6. The summed E-state index contributed by atoms with van der Waals surface area (Å²) in [4.78, 5) is 14.5. The van der Waals surface area contributed by atoms with Crippen LogP contribution in [0.3, 0.4) is 0 Å². The normalized spacial score (nSPS) is 11.6. The molecule has 0 amide bonds. The van der Waals surface area contributed by atoms with E-state index >= 15 is 0 Å². The molecule has 0 saturated carbocycles. The van der Waals surface area contributed by atoms with Crippen molar-refractivity contribution in [3.05, 3.63) is 53.6 Å². The molecular formula is C28H43NO4S. The Morgan fingerprint density at radius 2 is 1.56 bits per heavy atom. The molecule has 0 N–H and O–H groups in total. The van der Waals surface area contributed by atoms with Gasteiger partial charge in [0.1, 0.15) is 12.0 Å². The SMILES string of the molecule is C.CCCCC(C=O)(CCCC)CS(=O)(=O)c1ccc(N(C)C)cc1Cc1ccc(OC)cc1. The number of carbonyl (C=O) groups is 1. The van der Waals surface area contributed by atoms with Gasteiger partial charge in [0.15, 0.2) is 9.84 Å². The number of rotatable bonds is 14. The van der Waals surface area contributed by atoms with E-state index in [1.54, 1.807) is 13.2 Å². The van der Waals surface area contributed by atoms with Crippen LogP contribution in [0.4, 0.5) is 5.69 Å². The average molecular weight is 490 g/mol. The maximum atomic E-state index is 13.7. The van der Waals surface area contributed by atoms with Gasteiger partial charge in [0.05, 0.1) is 17.8 Å². The summed E-state index contributed by atoms with van der Waals surface area (Å²) in [5.74, 6) is 0.622. The van der Waals surface area contributed by atoms with Crippen molar-refractivity contribution in [2.24, 2.45) is 5.41 Å². The standard InChI is InChI=1S/C27H39NO4S.CH4/c1-6-8-16-27(20-29,17-9-7-2)21-33(30,31)26-15-12-24(28(3)4)19-23(26)18-22-10-13-25(32-5)14-11-22;/h10-15,19-20H,6-9,16-18,21H2,1-5H3;1H4. The molecule has 0 heterocycles. The van der Waals surface area contributed by atoms with Crippen LogP contribution in [0.5, 0.6) is 5.75 Å². The van der Waals surface area contributed by atoms with E-state index in [1.165, 1.54) is 0 Å². The molecular weight excluding hydrogens is 446 g/mol.